The Hall–Kier alpha value is -3.32. The van der Waals surface area contributed by atoms with Crippen LogP contribution in [0.15, 0.2) is 51.9 Å². The minimum atomic E-state index is -3.81. The molecular formula is C27H35N3O8S. The molecule has 212 valence electrons. The predicted molar refractivity (Wildman–Crippen MR) is 149 cm³/mol. The van der Waals surface area contributed by atoms with Crippen molar-refractivity contribution in [3.8, 4) is 11.5 Å². The Bertz CT molecular complexity index is 1420. The van der Waals surface area contributed by atoms with Gasteiger partial charge in [0.2, 0.25) is 6.79 Å². The Kier molecular flexibility index (Phi) is 9.68. The third-order valence-corrected chi connectivity index (χ3v) is 7.35. The Morgan fingerprint density at radius 1 is 1.05 bits per heavy atom. The van der Waals surface area contributed by atoms with E-state index in [9.17, 15) is 13.2 Å². The first kappa shape index (κ1) is 28.7. The standard InChI is InChI=1S/C24H27N3O4.C3H8O4S/c25-18-5-3-6-19(12-18)27-10-8-26(9-11-27)7-2-1-4-17-15-29-21-14-23-22(30-16-31-23)13-20(21)24(17)28;1-7-2-3-8(4,5)6/h3,5-6,12-15H,1-2,4,7-11,16,25H2;2-3H2,1H3,(H,4,5,6). The molecule has 0 aliphatic carbocycles. The van der Waals surface area contributed by atoms with E-state index in [0.717, 1.165) is 63.2 Å². The molecule has 0 spiro atoms. The zero-order valence-corrected chi connectivity index (χ0v) is 22.8. The van der Waals surface area contributed by atoms with Crippen molar-refractivity contribution in [3.05, 3.63) is 58.4 Å². The van der Waals surface area contributed by atoms with E-state index in [-0.39, 0.29) is 24.6 Å². The number of hydrogen-bond donors (Lipinski definition) is 2. The molecule has 2 aliphatic heterocycles. The van der Waals surface area contributed by atoms with Crippen LogP contribution in [0.1, 0.15) is 18.4 Å². The molecule has 1 fully saturated rings. The second-order valence-electron chi connectivity index (χ2n) is 9.45. The summed E-state index contributed by atoms with van der Waals surface area (Å²) in [5.74, 6) is 0.900. The van der Waals surface area contributed by atoms with E-state index in [0.29, 0.717) is 22.5 Å². The van der Waals surface area contributed by atoms with Crippen LogP contribution >= 0.6 is 0 Å². The minimum absolute atomic E-state index is 0.0234. The van der Waals surface area contributed by atoms with Crippen molar-refractivity contribution in [1.29, 1.82) is 0 Å². The summed E-state index contributed by atoms with van der Waals surface area (Å²) in [5.41, 5.74) is 9.20. The number of benzene rings is 2. The lowest BCUT2D eigenvalue weighted by molar-refractivity contribution is 0.174. The SMILES string of the molecule is COCCS(=O)(=O)O.Nc1cccc(N2CCN(CCCCc3coc4cc5c(cc4c3=O)OCO5)CC2)c1. The van der Waals surface area contributed by atoms with Gasteiger partial charge >= 0.3 is 0 Å². The topological polar surface area (TPSA) is 145 Å². The van der Waals surface area contributed by atoms with Crippen molar-refractivity contribution in [1.82, 2.24) is 4.90 Å². The van der Waals surface area contributed by atoms with E-state index in [1.807, 2.05) is 18.2 Å². The highest BCUT2D eigenvalue weighted by Crippen LogP contribution is 2.35. The van der Waals surface area contributed by atoms with Crippen molar-refractivity contribution in [2.45, 2.75) is 19.3 Å². The van der Waals surface area contributed by atoms with E-state index in [1.54, 1.807) is 18.4 Å². The van der Waals surface area contributed by atoms with Crippen molar-refractivity contribution in [2.75, 3.05) is 69.6 Å². The van der Waals surface area contributed by atoms with Crippen LogP contribution in [0.25, 0.3) is 11.0 Å². The zero-order valence-electron chi connectivity index (χ0n) is 22.0. The molecule has 5 rings (SSSR count). The molecule has 1 saturated heterocycles. The van der Waals surface area contributed by atoms with E-state index >= 15 is 0 Å². The Balaban J connectivity index is 0.000000386. The van der Waals surface area contributed by atoms with Crippen LogP contribution in [0.4, 0.5) is 11.4 Å². The quantitative estimate of drug-likeness (QED) is 0.226. The van der Waals surface area contributed by atoms with Gasteiger partial charge < -0.3 is 29.3 Å². The average Bonchev–Trinajstić information content (AvgIpc) is 3.38. The fraction of sp³-hybridized carbons (Fsp3) is 0.444. The molecule has 2 aliphatic rings. The van der Waals surface area contributed by atoms with Crippen molar-refractivity contribution in [2.24, 2.45) is 0 Å². The smallest absolute Gasteiger partial charge is 0.267 e. The fourth-order valence-corrected chi connectivity index (χ4v) is 4.90. The van der Waals surface area contributed by atoms with E-state index < -0.39 is 10.1 Å². The van der Waals surface area contributed by atoms with Gasteiger partial charge in [0.05, 0.1) is 24.0 Å². The number of nitrogens with two attached hydrogens (primary N) is 1. The summed E-state index contributed by atoms with van der Waals surface area (Å²) < 4.78 is 48.6. The summed E-state index contributed by atoms with van der Waals surface area (Å²) in [4.78, 5) is 17.7. The lowest BCUT2D eigenvalue weighted by Gasteiger charge is -2.36. The molecule has 0 radical (unpaired) electrons. The van der Waals surface area contributed by atoms with E-state index in [2.05, 4.69) is 20.6 Å². The van der Waals surface area contributed by atoms with Crippen molar-refractivity contribution in [3.63, 3.8) is 0 Å². The van der Waals surface area contributed by atoms with Gasteiger partial charge in [0.1, 0.15) is 5.58 Å². The van der Waals surface area contributed by atoms with Crippen LogP contribution in [0.2, 0.25) is 0 Å². The normalized spacial score (nSPS) is 15.3. The second kappa shape index (κ2) is 13.2. The first-order chi connectivity index (χ1) is 18.7. The summed E-state index contributed by atoms with van der Waals surface area (Å²) in [6, 6.07) is 11.5. The van der Waals surface area contributed by atoms with Crippen LogP contribution in [0, 0.1) is 0 Å². The van der Waals surface area contributed by atoms with Gasteiger partial charge in [-0.25, -0.2) is 0 Å². The number of ether oxygens (including phenoxy) is 3. The molecule has 0 bridgehead atoms. The Morgan fingerprint density at radius 3 is 2.46 bits per heavy atom. The molecule has 3 N–H and O–H groups in total. The monoisotopic (exact) mass is 561 g/mol. The Morgan fingerprint density at radius 2 is 1.79 bits per heavy atom. The molecular weight excluding hydrogens is 526 g/mol. The first-order valence-corrected chi connectivity index (χ1v) is 14.5. The third kappa shape index (κ3) is 8.09. The molecule has 0 amide bonds. The number of anilines is 2. The summed E-state index contributed by atoms with van der Waals surface area (Å²) >= 11 is 0. The Labute approximate surface area is 227 Å². The summed E-state index contributed by atoms with van der Waals surface area (Å²) in [7, 11) is -2.45. The maximum Gasteiger partial charge on any atom is 0.267 e. The van der Waals surface area contributed by atoms with E-state index in [4.69, 9.17) is 24.2 Å². The van der Waals surface area contributed by atoms with Gasteiger partial charge in [-0.3, -0.25) is 14.2 Å². The number of unbranched alkanes of at least 4 members (excludes halogenated alkanes) is 1. The molecule has 12 heteroatoms. The third-order valence-electron chi connectivity index (χ3n) is 6.66. The summed E-state index contributed by atoms with van der Waals surface area (Å²) in [6.07, 6.45) is 4.32. The van der Waals surface area contributed by atoms with Crippen molar-refractivity contribution < 1.29 is 31.6 Å². The van der Waals surface area contributed by atoms with Crippen LogP contribution in [0.3, 0.4) is 0 Å². The number of hydrogen-bond acceptors (Lipinski definition) is 10. The van der Waals surface area contributed by atoms with Gasteiger partial charge in [-0.15, -0.1) is 0 Å². The van der Waals surface area contributed by atoms with Gasteiger partial charge in [0.15, 0.2) is 16.9 Å². The second-order valence-corrected chi connectivity index (χ2v) is 11.0. The average molecular weight is 562 g/mol. The first-order valence-electron chi connectivity index (χ1n) is 12.8. The number of aryl methyl sites for hydroxylation is 1. The van der Waals surface area contributed by atoms with E-state index in [1.165, 1.54) is 12.8 Å². The number of rotatable bonds is 9. The largest absolute Gasteiger partial charge is 0.464 e. The molecule has 0 saturated carbocycles. The van der Waals surface area contributed by atoms with Gasteiger partial charge in [0, 0.05) is 56.3 Å². The lowest BCUT2D eigenvalue weighted by atomic mass is 10.1. The van der Waals surface area contributed by atoms with Crippen LogP contribution in [-0.4, -0.2) is 76.9 Å². The number of piperazine rings is 1. The highest BCUT2D eigenvalue weighted by Gasteiger charge is 2.19. The summed E-state index contributed by atoms with van der Waals surface area (Å²) in [5, 5.41) is 0.555. The summed E-state index contributed by atoms with van der Waals surface area (Å²) in [6.45, 7) is 5.36. The molecule has 2 aromatic carbocycles. The van der Waals surface area contributed by atoms with Gasteiger partial charge in [0.25, 0.3) is 10.1 Å². The maximum atomic E-state index is 12.8. The highest BCUT2D eigenvalue weighted by molar-refractivity contribution is 7.85. The predicted octanol–water partition coefficient (Wildman–Crippen LogP) is 2.77. The van der Waals surface area contributed by atoms with Crippen LogP contribution in [-0.2, 0) is 21.3 Å². The number of methoxy groups -OCH3 is 1. The molecule has 39 heavy (non-hydrogen) atoms. The number of nitrogens with zero attached hydrogens (tertiary/aromatic N) is 2. The molecule has 11 nitrogen and oxygen atoms in total. The number of fused-ring (bicyclic) bond motifs is 2. The lowest BCUT2D eigenvalue weighted by Crippen LogP contribution is -2.46. The molecule has 0 unspecified atom stereocenters. The zero-order chi connectivity index (χ0) is 27.8. The molecule has 3 heterocycles. The fourth-order valence-electron chi connectivity index (χ4n) is 4.52. The van der Waals surface area contributed by atoms with Crippen LogP contribution in [0.5, 0.6) is 11.5 Å². The highest BCUT2D eigenvalue weighted by atomic mass is 32.2. The molecule has 3 aromatic rings. The molecule has 1 aromatic heterocycles. The van der Waals surface area contributed by atoms with Crippen LogP contribution < -0.4 is 25.5 Å². The minimum Gasteiger partial charge on any atom is -0.464 e. The van der Waals surface area contributed by atoms with Crippen molar-refractivity contribution >= 4 is 32.5 Å². The van der Waals surface area contributed by atoms with Gasteiger partial charge in [-0.05, 0) is 50.1 Å². The van der Waals surface area contributed by atoms with Gasteiger partial charge in [-0.2, -0.15) is 8.42 Å². The number of nitrogen functional groups attached to an aromatic ring is 1. The molecule has 0 atom stereocenters. The van der Waals surface area contributed by atoms with Gasteiger partial charge in [-0.1, -0.05) is 6.07 Å². The maximum absolute atomic E-state index is 12.8.